The molecule has 0 aliphatic heterocycles. The Morgan fingerprint density at radius 3 is 2.58 bits per heavy atom. The number of furan rings is 1. The van der Waals surface area contributed by atoms with Gasteiger partial charge in [0.15, 0.2) is 5.76 Å². The first kappa shape index (κ1) is 23.6. The Hall–Kier alpha value is -2.55. The van der Waals surface area contributed by atoms with Crippen LogP contribution in [0.4, 0.5) is 5.69 Å². The van der Waals surface area contributed by atoms with Gasteiger partial charge < -0.3 is 14.5 Å². The topological polar surface area (TPSA) is 88.8 Å². The Kier molecular flexibility index (Phi) is 6.70. The van der Waals surface area contributed by atoms with E-state index in [2.05, 4.69) is 5.32 Å². The number of methoxy groups -OCH3 is 1. The minimum Gasteiger partial charge on any atom is -0.495 e. The van der Waals surface area contributed by atoms with Crippen LogP contribution in [0.15, 0.2) is 45.7 Å². The van der Waals surface area contributed by atoms with Crippen LogP contribution in [-0.4, -0.2) is 38.8 Å². The van der Waals surface area contributed by atoms with Gasteiger partial charge in [0.25, 0.3) is 5.91 Å². The number of rotatable bonds is 6. The zero-order valence-corrected chi connectivity index (χ0v) is 20.4. The number of nitrogens with zero attached hydrogens (tertiary/aromatic N) is 1. The Morgan fingerprint density at radius 2 is 1.88 bits per heavy atom. The number of nitrogens with one attached hydrogen (secondary N) is 1. The highest BCUT2D eigenvalue weighted by Crippen LogP contribution is 2.33. The number of carbonyl (C=O) groups excluding carboxylic acids is 1. The van der Waals surface area contributed by atoms with Crippen LogP contribution in [0, 0.1) is 6.92 Å². The van der Waals surface area contributed by atoms with Gasteiger partial charge in [-0.3, -0.25) is 4.79 Å². The van der Waals surface area contributed by atoms with Gasteiger partial charge in [-0.2, -0.15) is 4.31 Å². The molecule has 3 aromatic rings. The predicted molar refractivity (Wildman–Crippen MR) is 129 cm³/mol. The summed E-state index contributed by atoms with van der Waals surface area (Å²) in [5, 5.41) is 3.79. The lowest BCUT2D eigenvalue weighted by Crippen LogP contribution is -2.38. The second-order valence-corrected chi connectivity index (χ2v) is 10.8. The number of ether oxygens (including phenoxy) is 1. The van der Waals surface area contributed by atoms with Gasteiger partial charge >= 0.3 is 0 Å². The number of amides is 1. The molecule has 176 valence electrons. The molecule has 1 N–H and O–H groups in total. The van der Waals surface area contributed by atoms with E-state index in [1.807, 2.05) is 0 Å². The van der Waals surface area contributed by atoms with Gasteiger partial charge in [-0.05, 0) is 56.2 Å². The third-order valence-corrected chi connectivity index (χ3v) is 8.43. The zero-order chi connectivity index (χ0) is 23.8. The molecule has 1 fully saturated rings. The van der Waals surface area contributed by atoms with Crippen molar-refractivity contribution in [2.24, 2.45) is 0 Å². The average Bonchev–Trinajstić information content (AvgIpc) is 3.15. The number of sulfonamides is 1. The second-order valence-electron chi connectivity index (χ2n) is 8.33. The third-order valence-electron chi connectivity index (χ3n) is 6.29. The molecule has 0 spiro atoms. The van der Waals surface area contributed by atoms with Crippen LogP contribution >= 0.6 is 11.6 Å². The molecule has 2 aromatic carbocycles. The number of hydrogen-bond acceptors (Lipinski definition) is 5. The molecule has 9 heteroatoms. The Bertz CT molecular complexity index is 1300. The van der Waals surface area contributed by atoms with Crippen molar-refractivity contribution >= 4 is 44.2 Å². The number of hydrogen-bond donors (Lipinski definition) is 1. The van der Waals surface area contributed by atoms with Gasteiger partial charge in [0, 0.05) is 29.1 Å². The fourth-order valence-corrected chi connectivity index (χ4v) is 5.96. The molecule has 1 amide bonds. The standard InChI is InChI=1S/C24H27ClN2O5S/c1-15-19-14-18(33(29,30)27(2)17-7-5-4-6-8-17)10-12-21(19)32-23(15)24(28)26-20-13-16(25)9-11-22(20)31-3/h9-14,17H,4-8H2,1-3H3,(H,26,28). The van der Waals surface area contributed by atoms with E-state index in [4.69, 9.17) is 20.8 Å². The third kappa shape index (κ3) is 4.60. The largest absolute Gasteiger partial charge is 0.495 e. The van der Waals surface area contributed by atoms with E-state index in [1.54, 1.807) is 44.3 Å². The van der Waals surface area contributed by atoms with Gasteiger partial charge in [-0.15, -0.1) is 0 Å². The molecule has 0 radical (unpaired) electrons. The lowest BCUT2D eigenvalue weighted by molar-refractivity contribution is 0.0997. The first-order valence-electron chi connectivity index (χ1n) is 10.9. The lowest BCUT2D eigenvalue weighted by atomic mass is 9.96. The summed E-state index contributed by atoms with van der Waals surface area (Å²) in [7, 11) is -0.515. The van der Waals surface area contributed by atoms with Crippen molar-refractivity contribution in [1.82, 2.24) is 4.31 Å². The molecule has 0 atom stereocenters. The minimum absolute atomic E-state index is 0.0129. The van der Waals surface area contributed by atoms with Crippen LogP contribution in [0.5, 0.6) is 5.75 Å². The van der Waals surface area contributed by atoms with Crippen LogP contribution in [0.2, 0.25) is 5.02 Å². The molecule has 0 saturated heterocycles. The van der Waals surface area contributed by atoms with E-state index < -0.39 is 15.9 Å². The number of fused-ring (bicyclic) bond motifs is 1. The molecule has 33 heavy (non-hydrogen) atoms. The maximum absolute atomic E-state index is 13.3. The van der Waals surface area contributed by atoms with Crippen molar-refractivity contribution in [3.05, 3.63) is 52.7 Å². The second kappa shape index (κ2) is 9.37. The highest BCUT2D eigenvalue weighted by atomic mass is 35.5. The minimum atomic E-state index is -3.66. The highest BCUT2D eigenvalue weighted by molar-refractivity contribution is 7.89. The van der Waals surface area contributed by atoms with Crippen molar-refractivity contribution in [2.45, 2.75) is 50.0 Å². The lowest BCUT2D eigenvalue weighted by Gasteiger charge is -2.30. The number of anilines is 1. The fraction of sp³-hybridized carbons (Fsp3) is 0.375. The number of halogens is 1. The average molecular weight is 491 g/mol. The smallest absolute Gasteiger partial charge is 0.291 e. The van der Waals surface area contributed by atoms with Gasteiger partial charge in [0.2, 0.25) is 10.0 Å². The van der Waals surface area contributed by atoms with Crippen molar-refractivity contribution in [2.75, 3.05) is 19.5 Å². The van der Waals surface area contributed by atoms with Gasteiger partial charge in [0.05, 0.1) is 17.7 Å². The predicted octanol–water partition coefficient (Wildman–Crippen LogP) is 5.61. The van der Waals surface area contributed by atoms with Crippen LogP contribution in [-0.2, 0) is 10.0 Å². The molecule has 1 saturated carbocycles. The first-order chi connectivity index (χ1) is 15.7. The van der Waals surface area contributed by atoms with Crippen LogP contribution in [0.25, 0.3) is 11.0 Å². The van der Waals surface area contributed by atoms with E-state index in [0.717, 1.165) is 32.1 Å². The SMILES string of the molecule is COc1ccc(Cl)cc1NC(=O)c1oc2ccc(S(=O)(=O)N(C)C3CCCCC3)cc2c1C. The van der Waals surface area contributed by atoms with Crippen LogP contribution in [0.1, 0.15) is 48.2 Å². The van der Waals surface area contributed by atoms with E-state index in [9.17, 15) is 13.2 Å². The molecular weight excluding hydrogens is 464 g/mol. The molecule has 4 rings (SSSR count). The molecule has 1 aliphatic carbocycles. The molecule has 0 unspecified atom stereocenters. The van der Waals surface area contributed by atoms with E-state index in [-0.39, 0.29) is 16.7 Å². The maximum atomic E-state index is 13.3. The van der Waals surface area contributed by atoms with Crippen LogP contribution in [0.3, 0.4) is 0 Å². The number of carbonyl (C=O) groups is 1. The summed E-state index contributed by atoms with van der Waals surface area (Å²) in [5.74, 6) is 0.0795. The molecular formula is C24H27ClN2O5S. The molecule has 1 heterocycles. The van der Waals surface area contributed by atoms with Gasteiger partial charge in [-0.1, -0.05) is 30.9 Å². The normalized spacial score (nSPS) is 15.2. The fourth-order valence-electron chi connectivity index (χ4n) is 4.34. The molecule has 1 aromatic heterocycles. The quantitative estimate of drug-likeness (QED) is 0.485. The first-order valence-corrected chi connectivity index (χ1v) is 12.7. The Balaban J connectivity index is 1.65. The number of aryl methyl sites for hydroxylation is 1. The summed E-state index contributed by atoms with van der Waals surface area (Å²) in [6.45, 7) is 1.73. The van der Waals surface area contributed by atoms with Crippen molar-refractivity contribution in [3.63, 3.8) is 0 Å². The summed E-state index contributed by atoms with van der Waals surface area (Å²) in [6.07, 6.45) is 4.98. The summed E-state index contributed by atoms with van der Waals surface area (Å²) >= 11 is 6.05. The summed E-state index contributed by atoms with van der Waals surface area (Å²) < 4.78 is 39.1. The van der Waals surface area contributed by atoms with E-state index >= 15 is 0 Å². The molecule has 0 bridgehead atoms. The number of benzene rings is 2. The Morgan fingerprint density at radius 1 is 1.15 bits per heavy atom. The van der Waals surface area contributed by atoms with Gasteiger partial charge in [-0.25, -0.2) is 8.42 Å². The van der Waals surface area contributed by atoms with E-state index in [1.165, 1.54) is 17.5 Å². The van der Waals surface area contributed by atoms with Crippen molar-refractivity contribution < 1.29 is 22.4 Å². The molecule has 7 nitrogen and oxygen atoms in total. The van der Waals surface area contributed by atoms with Crippen molar-refractivity contribution in [3.8, 4) is 5.75 Å². The summed E-state index contributed by atoms with van der Waals surface area (Å²) in [5.41, 5.74) is 1.41. The zero-order valence-electron chi connectivity index (χ0n) is 18.9. The van der Waals surface area contributed by atoms with Crippen LogP contribution < -0.4 is 10.1 Å². The molecule has 1 aliphatic rings. The summed E-state index contributed by atoms with van der Waals surface area (Å²) in [6, 6.07) is 9.63. The maximum Gasteiger partial charge on any atom is 0.291 e. The summed E-state index contributed by atoms with van der Waals surface area (Å²) in [4.78, 5) is 13.1. The monoisotopic (exact) mass is 490 g/mol. The Labute approximate surface area is 198 Å². The van der Waals surface area contributed by atoms with Crippen molar-refractivity contribution in [1.29, 1.82) is 0 Å². The highest BCUT2D eigenvalue weighted by Gasteiger charge is 2.30. The van der Waals surface area contributed by atoms with E-state index in [0.29, 0.717) is 33.0 Å². The van der Waals surface area contributed by atoms with Gasteiger partial charge in [0.1, 0.15) is 11.3 Å².